The van der Waals surface area contributed by atoms with Gasteiger partial charge in [0.25, 0.3) is 0 Å². The van der Waals surface area contributed by atoms with Gasteiger partial charge in [0, 0.05) is 40.5 Å². The second-order valence-electron chi connectivity index (χ2n) is 24.1. The molecule has 7 rings (SSSR count). The third kappa shape index (κ3) is 10.2. The van der Waals surface area contributed by atoms with Gasteiger partial charge in [-0.3, -0.25) is 33.6 Å². The lowest BCUT2D eigenvalue weighted by atomic mass is 9.33. The molecule has 0 aromatic heterocycles. The second-order valence-corrected chi connectivity index (χ2v) is 24.1. The topological polar surface area (TPSA) is 264 Å². The van der Waals surface area contributed by atoms with E-state index in [0.29, 0.717) is 32.1 Å². The van der Waals surface area contributed by atoms with Crippen molar-refractivity contribution in [3.8, 4) is 0 Å². The third-order valence-corrected chi connectivity index (χ3v) is 19.1. The summed E-state index contributed by atoms with van der Waals surface area (Å²) >= 11 is 0. The largest absolute Gasteiger partial charge is 0.469 e. The van der Waals surface area contributed by atoms with Gasteiger partial charge in [-0.1, -0.05) is 47.1 Å². The van der Waals surface area contributed by atoms with Crippen LogP contribution in [-0.2, 0) is 100.0 Å². The van der Waals surface area contributed by atoms with E-state index >= 15 is 4.79 Å². The molecule has 7 aliphatic rings. The van der Waals surface area contributed by atoms with Crippen LogP contribution in [0.1, 0.15) is 141 Å². The maximum Gasteiger partial charge on any atom is 0.339 e. The van der Waals surface area contributed by atoms with E-state index in [9.17, 15) is 38.4 Å². The van der Waals surface area contributed by atoms with Crippen molar-refractivity contribution in [3.63, 3.8) is 0 Å². The van der Waals surface area contributed by atoms with Gasteiger partial charge in [-0.2, -0.15) is 0 Å². The SMILES string of the molecule is COC(=O)[C@H]1O[C@H](O[C@H]2CC[C@]3(C)[C@H]4C(=O)C=C5[C@H]6C[C@@](C)(C(=O)OC)CC[C@]6(C)CC[C@@]5(C)[C@]4(C)CC[C@H]3C2(C)C)[C@H](O[C@@H]2O[C@H](C(=O)OC)[C@@H](OC(C)=O)[C@H](OC(C)=O)[C@H]2OC(C)=O)[C@@H](OC(C)=O)[C@H]1OC(C)=O. The fraction of sp³-hybridized carbons (Fsp3) is 0.800. The van der Waals surface area contributed by atoms with Crippen LogP contribution in [0.5, 0.6) is 0 Å². The Hall–Kier alpha value is -4.99. The summed E-state index contributed by atoms with van der Waals surface area (Å²) in [6.45, 7) is 20.4. The zero-order valence-electron chi connectivity index (χ0n) is 46.6. The van der Waals surface area contributed by atoms with E-state index in [-0.39, 0.29) is 40.3 Å². The molecule has 2 heterocycles. The van der Waals surface area contributed by atoms with Crippen molar-refractivity contribution < 1.29 is 100.0 Å². The van der Waals surface area contributed by atoms with E-state index in [1.54, 1.807) is 0 Å². The molecular formula is C55H78O21. The molecule has 19 atom stereocenters. The number of carbonyl (C=O) groups excluding carboxylic acids is 9. The molecule has 5 aliphatic carbocycles. The Morgan fingerprint density at radius 2 is 1.01 bits per heavy atom. The number of carbonyl (C=O) groups is 9. The number of allylic oxidation sites excluding steroid dienone is 2. The molecule has 4 saturated carbocycles. The lowest BCUT2D eigenvalue weighted by molar-refractivity contribution is -0.372. The molecule has 0 unspecified atom stereocenters. The van der Waals surface area contributed by atoms with Gasteiger partial charge in [0.1, 0.15) is 0 Å². The van der Waals surface area contributed by atoms with Crippen LogP contribution in [0.4, 0.5) is 0 Å². The Morgan fingerprint density at radius 1 is 0.539 bits per heavy atom. The van der Waals surface area contributed by atoms with Crippen molar-refractivity contribution in [1.29, 1.82) is 0 Å². The summed E-state index contributed by atoms with van der Waals surface area (Å²) in [6, 6.07) is 0. The van der Waals surface area contributed by atoms with Gasteiger partial charge in [-0.05, 0) is 110 Å². The Morgan fingerprint density at radius 3 is 1.51 bits per heavy atom. The molecular weight excluding hydrogens is 997 g/mol. The first-order chi connectivity index (χ1) is 35.4. The van der Waals surface area contributed by atoms with Gasteiger partial charge in [0.2, 0.25) is 6.29 Å². The van der Waals surface area contributed by atoms with Gasteiger partial charge in [0.05, 0.1) is 32.8 Å². The van der Waals surface area contributed by atoms with Crippen molar-refractivity contribution in [1.82, 2.24) is 0 Å². The number of rotatable bonds is 12. The highest BCUT2D eigenvalue weighted by Gasteiger charge is 2.71. The Labute approximate surface area is 444 Å². The van der Waals surface area contributed by atoms with Gasteiger partial charge in [0.15, 0.2) is 60.9 Å². The Bertz CT molecular complexity index is 2380. The fourth-order valence-corrected chi connectivity index (χ4v) is 15.4. The predicted octanol–water partition coefficient (Wildman–Crippen LogP) is 5.36. The lowest BCUT2D eigenvalue weighted by Crippen LogP contribution is -2.69. The van der Waals surface area contributed by atoms with Crippen LogP contribution in [0, 0.1) is 50.2 Å². The highest BCUT2D eigenvalue weighted by atomic mass is 16.8. The standard InChI is InChI=1S/C55H78O21/c1-26(56)68-36-38(70-28(3)58)42(72-30(5)60)48(75-41(36)46(63)66-14)76-43-39(71-29(4)59)37(69-27(2)57)40(45(62)65-13)74-47(43)73-35-17-18-53(10)34(50(35,6)7)16-19-55(12)44(53)33(61)24-31-32-25-52(9,49(64)67-15)21-20-51(32,8)22-23-54(31,55)11/h24,32,34-44,47-48H,16-23,25H2,1-15H3/t32-,34+,35+,36+,37-,38+,39+,40+,41+,42-,43-,44-,47+,48+,51-,52+,53+,54-,55-/m1/s1. The van der Waals surface area contributed by atoms with Crippen molar-refractivity contribution >= 4 is 53.5 Å². The molecule has 21 nitrogen and oxygen atoms in total. The first-order valence-corrected chi connectivity index (χ1v) is 26.3. The molecule has 0 radical (unpaired) electrons. The van der Waals surface area contributed by atoms with Gasteiger partial charge < -0.3 is 56.8 Å². The fourth-order valence-electron chi connectivity index (χ4n) is 15.4. The molecule has 21 heteroatoms. The Balaban J connectivity index is 1.28. The summed E-state index contributed by atoms with van der Waals surface area (Å²) < 4.78 is 69.8. The van der Waals surface area contributed by atoms with Crippen LogP contribution in [0.15, 0.2) is 11.6 Å². The van der Waals surface area contributed by atoms with Crippen LogP contribution in [0.2, 0.25) is 0 Å². The maximum absolute atomic E-state index is 15.3. The molecule has 0 aromatic carbocycles. The van der Waals surface area contributed by atoms with E-state index in [2.05, 4.69) is 27.7 Å². The van der Waals surface area contributed by atoms with E-state index in [0.717, 1.165) is 80.1 Å². The van der Waals surface area contributed by atoms with Crippen LogP contribution < -0.4 is 0 Å². The van der Waals surface area contributed by atoms with Crippen molar-refractivity contribution in [2.45, 2.75) is 208 Å². The van der Waals surface area contributed by atoms with Crippen molar-refractivity contribution in [2.24, 2.45) is 50.2 Å². The minimum Gasteiger partial charge on any atom is -0.469 e. The summed E-state index contributed by atoms with van der Waals surface area (Å²) in [7, 11) is 3.52. The number of fused-ring (bicyclic) bond motifs is 7. The molecule has 2 saturated heterocycles. The van der Waals surface area contributed by atoms with Crippen molar-refractivity contribution in [3.05, 3.63) is 11.6 Å². The number of ketones is 1. The highest BCUT2D eigenvalue weighted by Crippen LogP contribution is 2.75. The molecule has 0 aromatic rings. The van der Waals surface area contributed by atoms with E-state index in [1.165, 1.54) is 7.11 Å². The first-order valence-electron chi connectivity index (χ1n) is 26.3. The molecule has 0 bridgehead atoms. The maximum atomic E-state index is 15.3. The summed E-state index contributed by atoms with van der Waals surface area (Å²) in [5.41, 5.74) is -1.75. The molecule has 0 N–H and O–H groups in total. The van der Waals surface area contributed by atoms with Crippen LogP contribution in [-0.4, -0.2) is 142 Å². The van der Waals surface area contributed by atoms with E-state index < -0.39 is 131 Å². The molecule has 0 spiro atoms. The summed E-state index contributed by atoms with van der Waals surface area (Å²) in [6.07, 6.45) is -10.7. The van der Waals surface area contributed by atoms with Gasteiger partial charge >= 0.3 is 47.8 Å². The molecule has 424 valence electrons. The average molecular weight is 1080 g/mol. The molecule has 2 aliphatic heterocycles. The average Bonchev–Trinajstić information content (AvgIpc) is 3.36. The predicted molar refractivity (Wildman–Crippen MR) is 260 cm³/mol. The lowest BCUT2D eigenvalue weighted by Gasteiger charge is -2.70. The van der Waals surface area contributed by atoms with Crippen LogP contribution in [0.25, 0.3) is 0 Å². The summed E-state index contributed by atoms with van der Waals surface area (Å²) in [4.78, 5) is 120. The van der Waals surface area contributed by atoms with Crippen LogP contribution >= 0.6 is 0 Å². The number of hydrogen-bond donors (Lipinski definition) is 0. The number of esters is 8. The van der Waals surface area contributed by atoms with Gasteiger partial charge in [-0.25, -0.2) is 9.59 Å². The zero-order chi connectivity index (χ0) is 56.4. The smallest absolute Gasteiger partial charge is 0.339 e. The summed E-state index contributed by atoms with van der Waals surface area (Å²) in [5.74, 6) is -7.58. The Kier molecular flexibility index (Phi) is 16.5. The van der Waals surface area contributed by atoms with Crippen LogP contribution in [0.3, 0.4) is 0 Å². The highest BCUT2D eigenvalue weighted by molar-refractivity contribution is 5.96. The number of methoxy groups -OCH3 is 3. The minimum absolute atomic E-state index is 0.0187. The molecule has 6 fully saturated rings. The minimum atomic E-state index is -2.00. The number of hydrogen-bond acceptors (Lipinski definition) is 21. The number of ether oxygens (including phenoxy) is 12. The molecule has 76 heavy (non-hydrogen) atoms. The normalized spacial score (nSPS) is 42.3. The quantitative estimate of drug-likeness (QED) is 0.135. The monoisotopic (exact) mass is 1070 g/mol. The molecule has 0 amide bonds. The van der Waals surface area contributed by atoms with Crippen molar-refractivity contribution in [2.75, 3.05) is 21.3 Å². The second kappa shape index (κ2) is 21.3. The summed E-state index contributed by atoms with van der Waals surface area (Å²) in [5, 5.41) is 0. The van der Waals surface area contributed by atoms with E-state index in [4.69, 9.17) is 56.8 Å². The first kappa shape index (κ1) is 58.7. The van der Waals surface area contributed by atoms with Gasteiger partial charge in [-0.15, -0.1) is 0 Å². The third-order valence-electron chi connectivity index (χ3n) is 19.1. The zero-order valence-corrected chi connectivity index (χ0v) is 46.6. The van der Waals surface area contributed by atoms with E-state index in [1.807, 2.05) is 26.8 Å².